The van der Waals surface area contributed by atoms with Gasteiger partial charge in [-0.25, -0.2) is 8.78 Å². The summed E-state index contributed by atoms with van der Waals surface area (Å²) >= 11 is 0. The van der Waals surface area contributed by atoms with Crippen molar-refractivity contribution in [2.24, 2.45) is 5.92 Å². The van der Waals surface area contributed by atoms with Crippen molar-refractivity contribution in [1.82, 2.24) is 0 Å². The van der Waals surface area contributed by atoms with Crippen LogP contribution in [-0.4, -0.2) is 6.61 Å². The van der Waals surface area contributed by atoms with Crippen molar-refractivity contribution in [3.8, 4) is 5.75 Å². The van der Waals surface area contributed by atoms with Crippen LogP contribution in [0.15, 0.2) is 24.3 Å². The van der Waals surface area contributed by atoms with Crippen LogP contribution in [0.1, 0.15) is 76.2 Å². The van der Waals surface area contributed by atoms with Gasteiger partial charge in [-0.2, -0.15) is 8.78 Å². The molecule has 0 amide bonds. The Kier molecular flexibility index (Phi) is 8.46. The molecule has 1 aliphatic carbocycles. The Bertz CT molecular complexity index is 554. The van der Waals surface area contributed by atoms with Crippen molar-refractivity contribution in [3.63, 3.8) is 0 Å². The zero-order valence-corrected chi connectivity index (χ0v) is 15.3. The Morgan fingerprint density at radius 1 is 1.04 bits per heavy atom. The van der Waals surface area contributed by atoms with Crippen LogP contribution in [0.3, 0.4) is 0 Å². The smallest absolute Gasteiger partial charge is 0.387 e. The SMILES string of the molecule is CCC/C=C/CCC[C@H]1CC[C@H](c2cc(F)c(OC(F)F)c(F)c2)CC1. The molecule has 0 atom stereocenters. The van der Waals surface area contributed by atoms with Crippen molar-refractivity contribution in [2.45, 2.75) is 77.2 Å². The molecule has 5 heteroatoms. The number of unbranched alkanes of at least 4 members (excludes halogenated alkanes) is 2. The molecule has 1 nitrogen and oxygen atoms in total. The van der Waals surface area contributed by atoms with Crippen molar-refractivity contribution in [2.75, 3.05) is 0 Å². The molecule has 1 aliphatic rings. The Balaban J connectivity index is 1.82. The summed E-state index contributed by atoms with van der Waals surface area (Å²) in [7, 11) is 0. The zero-order valence-electron chi connectivity index (χ0n) is 15.3. The van der Waals surface area contributed by atoms with E-state index >= 15 is 0 Å². The standard InChI is InChI=1S/C21H28F4O/c1-2-3-4-5-6-7-8-15-9-11-16(12-10-15)17-13-18(22)20(19(23)14-17)26-21(24)25/h4-5,13-16,21H,2-3,6-12H2,1H3/b5-4+/t15-,16-. The first-order valence-electron chi connectivity index (χ1n) is 9.60. The van der Waals surface area contributed by atoms with Gasteiger partial charge in [0.1, 0.15) is 0 Å². The Labute approximate surface area is 153 Å². The lowest BCUT2D eigenvalue weighted by Gasteiger charge is -2.29. The van der Waals surface area contributed by atoms with Crippen LogP contribution in [-0.2, 0) is 0 Å². The highest BCUT2D eigenvalue weighted by Crippen LogP contribution is 2.39. The zero-order chi connectivity index (χ0) is 18.9. The molecular weight excluding hydrogens is 344 g/mol. The fourth-order valence-corrected chi connectivity index (χ4v) is 3.73. The minimum absolute atomic E-state index is 0.0836. The van der Waals surface area contributed by atoms with Crippen LogP contribution in [0.25, 0.3) is 0 Å². The Hall–Kier alpha value is -1.52. The molecule has 0 aromatic heterocycles. The van der Waals surface area contributed by atoms with Crippen LogP contribution in [0, 0.1) is 17.6 Å². The van der Waals surface area contributed by atoms with Gasteiger partial charge in [0.05, 0.1) is 0 Å². The number of hydrogen-bond donors (Lipinski definition) is 0. The summed E-state index contributed by atoms with van der Waals surface area (Å²) in [6.07, 6.45) is 14.1. The predicted octanol–water partition coefficient (Wildman–Crippen LogP) is 7.37. The monoisotopic (exact) mass is 372 g/mol. The summed E-state index contributed by atoms with van der Waals surface area (Å²) in [6.45, 7) is -1.07. The van der Waals surface area contributed by atoms with Crippen LogP contribution < -0.4 is 4.74 Å². The van der Waals surface area contributed by atoms with Crippen LogP contribution in [0.4, 0.5) is 17.6 Å². The number of benzene rings is 1. The van der Waals surface area contributed by atoms with Gasteiger partial charge in [0, 0.05) is 0 Å². The maximum absolute atomic E-state index is 13.9. The number of allylic oxidation sites excluding steroid dienone is 2. The van der Waals surface area contributed by atoms with Gasteiger partial charge in [0.2, 0.25) is 0 Å². The lowest BCUT2D eigenvalue weighted by molar-refractivity contribution is -0.0546. The fourth-order valence-electron chi connectivity index (χ4n) is 3.73. The van der Waals surface area contributed by atoms with E-state index in [2.05, 4.69) is 23.8 Å². The molecule has 1 fully saturated rings. The molecule has 0 unspecified atom stereocenters. The summed E-state index contributed by atoms with van der Waals surface area (Å²) in [4.78, 5) is 0. The first kappa shape index (κ1) is 20.8. The second kappa shape index (κ2) is 10.6. The van der Waals surface area contributed by atoms with Crippen molar-refractivity contribution < 1.29 is 22.3 Å². The highest BCUT2D eigenvalue weighted by atomic mass is 19.3. The third kappa shape index (κ3) is 6.33. The number of ether oxygens (including phenoxy) is 1. The van der Waals surface area contributed by atoms with E-state index in [1.165, 1.54) is 19.3 Å². The highest BCUT2D eigenvalue weighted by Gasteiger charge is 2.25. The van der Waals surface area contributed by atoms with Gasteiger partial charge in [-0.3, -0.25) is 0 Å². The number of alkyl halides is 2. The lowest BCUT2D eigenvalue weighted by atomic mass is 9.77. The van der Waals surface area contributed by atoms with E-state index in [1.807, 2.05) is 0 Å². The van der Waals surface area contributed by atoms with E-state index in [1.54, 1.807) is 0 Å². The first-order valence-corrected chi connectivity index (χ1v) is 9.60. The molecule has 0 radical (unpaired) electrons. The summed E-state index contributed by atoms with van der Waals surface area (Å²) in [5.41, 5.74) is 0.544. The average molecular weight is 372 g/mol. The molecule has 0 bridgehead atoms. The van der Waals surface area contributed by atoms with Gasteiger partial charge in [0.15, 0.2) is 17.4 Å². The Morgan fingerprint density at radius 3 is 2.23 bits per heavy atom. The third-order valence-corrected chi connectivity index (χ3v) is 5.15. The summed E-state index contributed by atoms with van der Waals surface area (Å²) in [5.74, 6) is -2.35. The van der Waals surface area contributed by atoms with Crippen molar-refractivity contribution >= 4 is 0 Å². The van der Waals surface area contributed by atoms with E-state index < -0.39 is 24.0 Å². The van der Waals surface area contributed by atoms with Crippen molar-refractivity contribution in [1.29, 1.82) is 0 Å². The summed E-state index contributed by atoms with van der Waals surface area (Å²) in [5, 5.41) is 0. The van der Waals surface area contributed by atoms with E-state index in [0.29, 0.717) is 11.5 Å². The van der Waals surface area contributed by atoms with Gasteiger partial charge >= 0.3 is 6.61 Å². The molecule has 26 heavy (non-hydrogen) atoms. The number of rotatable bonds is 9. The van der Waals surface area contributed by atoms with E-state index in [4.69, 9.17) is 0 Å². The molecular formula is C21H28F4O. The molecule has 0 spiro atoms. The van der Waals surface area contributed by atoms with E-state index in [-0.39, 0.29) is 5.92 Å². The molecule has 0 heterocycles. The predicted molar refractivity (Wildman–Crippen MR) is 95.6 cm³/mol. The molecule has 1 saturated carbocycles. The molecule has 0 N–H and O–H groups in total. The van der Waals surface area contributed by atoms with Gasteiger partial charge < -0.3 is 4.74 Å². The maximum Gasteiger partial charge on any atom is 0.387 e. The first-order chi connectivity index (χ1) is 12.5. The maximum atomic E-state index is 13.9. The number of halogens is 4. The second-order valence-electron chi connectivity index (χ2n) is 7.10. The topological polar surface area (TPSA) is 9.23 Å². The normalized spacial score (nSPS) is 20.8. The summed E-state index contributed by atoms with van der Waals surface area (Å²) < 4.78 is 56.1. The highest BCUT2D eigenvalue weighted by molar-refractivity contribution is 5.33. The average Bonchev–Trinajstić information content (AvgIpc) is 2.61. The fraction of sp³-hybridized carbons (Fsp3) is 0.619. The minimum atomic E-state index is -3.24. The van der Waals surface area contributed by atoms with Gasteiger partial charge in [-0.1, -0.05) is 31.9 Å². The molecule has 1 aromatic carbocycles. The molecule has 146 valence electrons. The lowest BCUT2D eigenvalue weighted by Crippen LogP contribution is -2.14. The second-order valence-corrected chi connectivity index (χ2v) is 7.10. The summed E-state index contributed by atoms with van der Waals surface area (Å²) in [6, 6.07) is 2.29. The molecule has 0 aliphatic heterocycles. The van der Waals surface area contributed by atoms with Crippen LogP contribution in [0.2, 0.25) is 0 Å². The van der Waals surface area contributed by atoms with Gasteiger partial charge in [-0.05, 0) is 74.5 Å². The largest absolute Gasteiger partial charge is 0.429 e. The molecule has 0 saturated heterocycles. The minimum Gasteiger partial charge on any atom is -0.429 e. The molecule has 2 rings (SSSR count). The Morgan fingerprint density at radius 2 is 1.65 bits per heavy atom. The molecule has 1 aromatic rings. The van der Waals surface area contributed by atoms with E-state index in [0.717, 1.165) is 50.7 Å². The van der Waals surface area contributed by atoms with Crippen LogP contribution in [0.5, 0.6) is 5.75 Å². The van der Waals surface area contributed by atoms with E-state index in [9.17, 15) is 17.6 Å². The quantitative estimate of drug-likeness (QED) is 0.250. The third-order valence-electron chi connectivity index (χ3n) is 5.15. The number of hydrogen-bond acceptors (Lipinski definition) is 1. The van der Waals surface area contributed by atoms with Gasteiger partial charge in [-0.15, -0.1) is 0 Å². The van der Waals surface area contributed by atoms with Crippen LogP contribution >= 0.6 is 0 Å². The van der Waals surface area contributed by atoms with Gasteiger partial charge in [0.25, 0.3) is 0 Å². The van der Waals surface area contributed by atoms with Crippen molar-refractivity contribution in [3.05, 3.63) is 41.5 Å².